The van der Waals surface area contributed by atoms with Crippen molar-refractivity contribution in [3.63, 3.8) is 0 Å². The molecule has 1 aromatic carbocycles. The highest BCUT2D eigenvalue weighted by Crippen LogP contribution is 2.28. The van der Waals surface area contributed by atoms with Gasteiger partial charge >= 0.3 is 0 Å². The molecule has 92 valence electrons. The molecule has 18 heavy (non-hydrogen) atoms. The summed E-state index contributed by atoms with van der Waals surface area (Å²) in [4.78, 5) is 14.7. The number of azo groups is 1. The Balaban J connectivity index is 0.000000199. The van der Waals surface area contributed by atoms with Crippen molar-refractivity contribution in [1.29, 1.82) is 0 Å². The second kappa shape index (κ2) is 6.46. The molecule has 0 fully saturated rings. The molecule has 6 heteroatoms. The summed E-state index contributed by atoms with van der Waals surface area (Å²) in [5, 5.41) is 7.01. The Morgan fingerprint density at radius 3 is 2.28 bits per heavy atom. The van der Waals surface area contributed by atoms with E-state index in [-0.39, 0.29) is 18.3 Å². The van der Waals surface area contributed by atoms with E-state index in [0.717, 1.165) is 0 Å². The first-order valence-corrected chi connectivity index (χ1v) is 4.98. The van der Waals surface area contributed by atoms with Gasteiger partial charge in [0.2, 0.25) is 0 Å². The molecule has 2 aromatic rings. The summed E-state index contributed by atoms with van der Waals surface area (Å²) < 4.78 is 0. The van der Waals surface area contributed by atoms with Crippen molar-refractivity contribution in [2.24, 2.45) is 10.2 Å². The van der Waals surface area contributed by atoms with Crippen LogP contribution in [0.1, 0.15) is 10.4 Å². The molecule has 0 bridgehead atoms. The van der Waals surface area contributed by atoms with E-state index >= 15 is 0 Å². The fourth-order valence-corrected chi connectivity index (χ4v) is 1.28. The van der Waals surface area contributed by atoms with Gasteiger partial charge in [-0.1, -0.05) is 6.07 Å². The number of nitrogen functional groups attached to an aromatic ring is 1. The van der Waals surface area contributed by atoms with E-state index < -0.39 is 0 Å². The number of nitrogens with zero attached hydrogens (tertiary/aromatic N) is 3. The first-order chi connectivity index (χ1) is 8.27. The topological polar surface area (TPSA) is 80.7 Å². The lowest BCUT2D eigenvalue weighted by Gasteiger charge is -1.93. The van der Waals surface area contributed by atoms with Gasteiger partial charge in [0.05, 0.1) is 5.56 Å². The molecule has 3 rings (SSSR count). The van der Waals surface area contributed by atoms with E-state index in [4.69, 9.17) is 5.73 Å². The third-order valence-corrected chi connectivity index (χ3v) is 2.07. The lowest BCUT2D eigenvalue weighted by molar-refractivity contribution is 0.100. The minimum atomic E-state index is -0.292. The predicted molar refractivity (Wildman–Crippen MR) is 71.2 cm³/mol. The third kappa shape index (κ3) is 3.36. The average molecular weight is 263 g/mol. The SMILES string of the molecule is Cl.Nc1ccc2c(c1)N=NC2=O.c1ccncc1. The van der Waals surface area contributed by atoms with Gasteiger partial charge in [0, 0.05) is 18.1 Å². The fraction of sp³-hybridized carbons (Fsp3) is 0. The number of aromatic nitrogens is 1. The maximum atomic E-state index is 10.9. The standard InChI is InChI=1S/C7H5N3O.C5H5N.ClH/c8-4-1-2-5-6(3-4)9-10-7(5)11;1-2-4-6-5-3-1;/h1-3H,8H2;1-5H;1H. The lowest BCUT2D eigenvalue weighted by Crippen LogP contribution is -1.89. The van der Waals surface area contributed by atoms with E-state index in [9.17, 15) is 4.79 Å². The summed E-state index contributed by atoms with van der Waals surface area (Å²) in [6, 6.07) is 10.6. The van der Waals surface area contributed by atoms with Crippen molar-refractivity contribution >= 4 is 29.7 Å². The summed E-state index contributed by atoms with van der Waals surface area (Å²) >= 11 is 0. The zero-order valence-corrected chi connectivity index (χ0v) is 10.2. The third-order valence-electron chi connectivity index (χ3n) is 2.07. The summed E-state index contributed by atoms with van der Waals surface area (Å²) in [5.41, 5.74) is 7.15. The number of amides is 1. The van der Waals surface area contributed by atoms with Gasteiger partial charge in [0.15, 0.2) is 0 Å². The van der Waals surface area contributed by atoms with Crippen LogP contribution in [0.25, 0.3) is 0 Å². The monoisotopic (exact) mass is 262 g/mol. The predicted octanol–water partition coefficient (Wildman–Crippen LogP) is 3.01. The molecule has 5 nitrogen and oxygen atoms in total. The normalized spacial score (nSPS) is 11.0. The minimum absolute atomic E-state index is 0. The molecule has 0 spiro atoms. The zero-order chi connectivity index (χ0) is 12.1. The summed E-state index contributed by atoms with van der Waals surface area (Å²) in [6.45, 7) is 0. The van der Waals surface area contributed by atoms with Gasteiger partial charge in [-0.15, -0.1) is 22.6 Å². The van der Waals surface area contributed by atoms with Crippen LogP contribution < -0.4 is 5.73 Å². The van der Waals surface area contributed by atoms with Crippen molar-refractivity contribution in [2.75, 3.05) is 5.73 Å². The van der Waals surface area contributed by atoms with E-state index in [1.165, 1.54) is 0 Å². The highest BCUT2D eigenvalue weighted by atomic mass is 35.5. The van der Waals surface area contributed by atoms with Crippen LogP contribution in [0, 0.1) is 0 Å². The van der Waals surface area contributed by atoms with Crippen LogP contribution in [0.4, 0.5) is 11.4 Å². The van der Waals surface area contributed by atoms with Crippen LogP contribution >= 0.6 is 12.4 Å². The summed E-state index contributed by atoms with van der Waals surface area (Å²) in [7, 11) is 0. The second-order valence-corrected chi connectivity index (χ2v) is 3.31. The molecule has 0 radical (unpaired) electrons. The van der Waals surface area contributed by atoms with E-state index in [2.05, 4.69) is 15.2 Å². The van der Waals surface area contributed by atoms with Crippen LogP contribution in [0.3, 0.4) is 0 Å². The van der Waals surface area contributed by atoms with Crippen molar-refractivity contribution in [1.82, 2.24) is 4.98 Å². The average Bonchev–Trinajstić information content (AvgIpc) is 2.73. The number of fused-ring (bicyclic) bond motifs is 1. The van der Waals surface area contributed by atoms with Gasteiger partial charge in [-0.3, -0.25) is 9.78 Å². The maximum absolute atomic E-state index is 10.9. The number of pyridine rings is 1. The minimum Gasteiger partial charge on any atom is -0.399 e. The second-order valence-electron chi connectivity index (χ2n) is 3.31. The van der Waals surface area contributed by atoms with Gasteiger partial charge in [-0.2, -0.15) is 0 Å². The Morgan fingerprint density at radius 2 is 1.72 bits per heavy atom. The molecule has 1 aliphatic heterocycles. The van der Waals surface area contributed by atoms with Gasteiger partial charge in [-0.05, 0) is 30.3 Å². The summed E-state index contributed by atoms with van der Waals surface area (Å²) in [6.07, 6.45) is 3.50. The number of hydrogen-bond donors (Lipinski definition) is 1. The van der Waals surface area contributed by atoms with Crippen LogP contribution in [0.2, 0.25) is 0 Å². The number of benzene rings is 1. The lowest BCUT2D eigenvalue weighted by atomic mass is 10.2. The highest BCUT2D eigenvalue weighted by Gasteiger charge is 2.16. The number of hydrogen-bond acceptors (Lipinski definition) is 4. The quantitative estimate of drug-likeness (QED) is 0.741. The Kier molecular flexibility index (Phi) is 4.95. The Bertz CT molecular complexity index is 531. The molecule has 0 aliphatic carbocycles. The van der Waals surface area contributed by atoms with Crippen LogP contribution in [-0.4, -0.2) is 10.9 Å². The van der Waals surface area contributed by atoms with Crippen LogP contribution in [0.15, 0.2) is 59.0 Å². The maximum Gasteiger partial charge on any atom is 0.297 e. The van der Waals surface area contributed by atoms with Crippen LogP contribution in [-0.2, 0) is 0 Å². The van der Waals surface area contributed by atoms with Gasteiger partial charge in [0.25, 0.3) is 5.91 Å². The molecule has 2 N–H and O–H groups in total. The van der Waals surface area contributed by atoms with Gasteiger partial charge < -0.3 is 5.73 Å². The summed E-state index contributed by atoms with van der Waals surface area (Å²) in [5.74, 6) is -0.292. The first kappa shape index (κ1) is 13.8. The number of halogens is 1. The largest absolute Gasteiger partial charge is 0.399 e. The molecule has 0 saturated heterocycles. The fourth-order valence-electron chi connectivity index (χ4n) is 1.28. The molecule has 2 heterocycles. The number of anilines is 1. The highest BCUT2D eigenvalue weighted by molar-refractivity contribution is 6.02. The van der Waals surface area contributed by atoms with E-state index in [1.54, 1.807) is 30.6 Å². The molecular weight excluding hydrogens is 252 g/mol. The number of rotatable bonds is 0. The van der Waals surface area contributed by atoms with Crippen LogP contribution in [0.5, 0.6) is 0 Å². The van der Waals surface area contributed by atoms with Crippen molar-refractivity contribution < 1.29 is 4.79 Å². The van der Waals surface area contributed by atoms with Gasteiger partial charge in [0.1, 0.15) is 5.69 Å². The first-order valence-electron chi connectivity index (χ1n) is 4.98. The molecular formula is C12H11ClN4O. The molecule has 1 aromatic heterocycles. The number of nitrogens with two attached hydrogens (primary N) is 1. The molecule has 0 atom stereocenters. The van der Waals surface area contributed by atoms with Crippen molar-refractivity contribution in [3.8, 4) is 0 Å². The molecule has 0 unspecified atom stereocenters. The Labute approximate surface area is 110 Å². The number of carbonyl (C=O) groups is 1. The number of carbonyl (C=O) groups excluding carboxylic acids is 1. The molecule has 0 saturated carbocycles. The van der Waals surface area contributed by atoms with Crippen molar-refractivity contribution in [2.45, 2.75) is 0 Å². The zero-order valence-electron chi connectivity index (χ0n) is 9.35. The van der Waals surface area contributed by atoms with Gasteiger partial charge in [-0.25, -0.2) is 0 Å². The Hall–Kier alpha value is -2.27. The molecule has 1 aliphatic rings. The van der Waals surface area contributed by atoms with E-state index in [0.29, 0.717) is 16.9 Å². The molecule has 1 amide bonds. The Morgan fingerprint density at radius 1 is 1.00 bits per heavy atom. The smallest absolute Gasteiger partial charge is 0.297 e. The van der Waals surface area contributed by atoms with Crippen molar-refractivity contribution in [3.05, 3.63) is 54.4 Å². The van der Waals surface area contributed by atoms with E-state index in [1.807, 2.05) is 18.2 Å².